The standard InChI is InChI=1S/C31H47NO9/c33-12-6-2-1-5-11-32-26-27-9-10-30-31(25-27)41-24-20-37-16-15-35-18-22-39-29-8-4-3-7-28(29)38-21-17-34-13-14-36-19-23-40-30/h3-4,7-10,25,32-33H,1-2,5-6,11-24,26H2. The fourth-order valence-electron chi connectivity index (χ4n) is 4.02. The Morgan fingerprint density at radius 2 is 0.976 bits per heavy atom. The van der Waals surface area contributed by atoms with Crippen molar-refractivity contribution in [1.82, 2.24) is 5.32 Å². The number of rotatable bonds is 8. The van der Waals surface area contributed by atoms with E-state index < -0.39 is 0 Å². The van der Waals surface area contributed by atoms with E-state index >= 15 is 0 Å². The molecular formula is C31H47NO9. The molecule has 0 saturated heterocycles. The van der Waals surface area contributed by atoms with E-state index in [-0.39, 0.29) is 6.61 Å². The lowest BCUT2D eigenvalue weighted by atomic mass is 10.2. The van der Waals surface area contributed by atoms with Gasteiger partial charge in [0.2, 0.25) is 0 Å². The number of aliphatic hydroxyl groups excluding tert-OH is 1. The summed E-state index contributed by atoms with van der Waals surface area (Å²) in [4.78, 5) is 0. The number of benzene rings is 2. The van der Waals surface area contributed by atoms with Crippen molar-refractivity contribution in [3.8, 4) is 23.0 Å². The van der Waals surface area contributed by atoms with E-state index in [9.17, 15) is 0 Å². The molecule has 0 bridgehead atoms. The maximum Gasteiger partial charge on any atom is 0.161 e. The Bertz CT molecular complexity index is 930. The Morgan fingerprint density at radius 3 is 1.51 bits per heavy atom. The zero-order chi connectivity index (χ0) is 28.6. The second-order valence-electron chi connectivity index (χ2n) is 9.39. The van der Waals surface area contributed by atoms with Crippen molar-refractivity contribution in [3.05, 3.63) is 48.0 Å². The van der Waals surface area contributed by atoms with Crippen LogP contribution in [0.1, 0.15) is 31.2 Å². The fraction of sp³-hybridized carbons (Fsp3) is 0.613. The molecule has 2 N–H and O–H groups in total. The highest BCUT2D eigenvalue weighted by Gasteiger charge is 2.09. The van der Waals surface area contributed by atoms with Gasteiger partial charge in [-0.15, -0.1) is 0 Å². The third kappa shape index (κ3) is 14.7. The third-order valence-corrected chi connectivity index (χ3v) is 6.13. The van der Waals surface area contributed by atoms with Crippen LogP contribution in [-0.2, 0) is 25.5 Å². The molecule has 1 aliphatic rings. The van der Waals surface area contributed by atoms with Gasteiger partial charge in [-0.2, -0.15) is 0 Å². The van der Waals surface area contributed by atoms with Crippen LogP contribution < -0.4 is 24.3 Å². The molecule has 0 radical (unpaired) electrons. The highest BCUT2D eigenvalue weighted by atomic mass is 16.6. The predicted octanol–water partition coefficient (Wildman–Crippen LogP) is 3.62. The highest BCUT2D eigenvalue weighted by Crippen LogP contribution is 2.29. The van der Waals surface area contributed by atoms with Gasteiger partial charge >= 0.3 is 0 Å². The fourth-order valence-corrected chi connectivity index (χ4v) is 4.02. The maximum atomic E-state index is 8.89. The molecule has 0 atom stereocenters. The minimum absolute atomic E-state index is 0.269. The molecule has 0 saturated carbocycles. The van der Waals surface area contributed by atoms with E-state index in [4.69, 9.17) is 43.0 Å². The van der Waals surface area contributed by atoms with Crippen LogP contribution in [0, 0.1) is 0 Å². The minimum atomic E-state index is 0.269. The van der Waals surface area contributed by atoms with Crippen LogP contribution in [0.3, 0.4) is 0 Å². The first-order chi connectivity index (χ1) is 20.4. The van der Waals surface area contributed by atoms with Crippen LogP contribution in [0.25, 0.3) is 0 Å². The van der Waals surface area contributed by atoms with Gasteiger partial charge in [-0.3, -0.25) is 0 Å². The summed E-state index contributed by atoms with van der Waals surface area (Å²) in [5, 5.41) is 12.4. The molecule has 0 spiro atoms. The Balaban J connectivity index is 1.45. The Hall–Kier alpha value is -2.60. The number of hydrogen-bond donors (Lipinski definition) is 2. The third-order valence-electron chi connectivity index (χ3n) is 6.13. The zero-order valence-electron chi connectivity index (χ0n) is 24.2. The van der Waals surface area contributed by atoms with Crippen molar-refractivity contribution in [1.29, 1.82) is 0 Å². The van der Waals surface area contributed by atoms with E-state index in [2.05, 4.69) is 5.32 Å². The van der Waals surface area contributed by atoms with Crippen molar-refractivity contribution in [2.45, 2.75) is 32.2 Å². The first kappa shape index (κ1) is 32.9. The lowest BCUT2D eigenvalue weighted by molar-refractivity contribution is 0.0223. The average molecular weight is 578 g/mol. The minimum Gasteiger partial charge on any atom is -0.487 e. The Morgan fingerprint density at radius 1 is 0.512 bits per heavy atom. The zero-order valence-corrected chi connectivity index (χ0v) is 24.2. The van der Waals surface area contributed by atoms with Crippen molar-refractivity contribution in [3.63, 3.8) is 0 Å². The van der Waals surface area contributed by atoms with Gasteiger partial charge < -0.3 is 48.3 Å². The molecule has 230 valence electrons. The Kier molecular flexibility index (Phi) is 17.7. The monoisotopic (exact) mass is 577 g/mol. The molecule has 1 heterocycles. The topological polar surface area (TPSA) is 106 Å². The first-order valence-electron chi connectivity index (χ1n) is 14.7. The van der Waals surface area contributed by atoms with Gasteiger partial charge in [0, 0.05) is 13.2 Å². The average Bonchev–Trinajstić information content (AvgIpc) is 2.99. The summed E-state index contributed by atoms with van der Waals surface area (Å²) >= 11 is 0. The summed E-state index contributed by atoms with van der Waals surface area (Å²) in [6.45, 7) is 7.19. The van der Waals surface area contributed by atoms with E-state index in [1.807, 2.05) is 42.5 Å². The van der Waals surface area contributed by atoms with Crippen LogP contribution in [0.5, 0.6) is 23.0 Å². The normalized spacial score (nSPS) is 16.9. The van der Waals surface area contributed by atoms with Crippen LogP contribution in [0.2, 0.25) is 0 Å². The van der Waals surface area contributed by atoms with E-state index in [0.29, 0.717) is 102 Å². The second kappa shape index (κ2) is 22.1. The molecule has 2 aromatic carbocycles. The van der Waals surface area contributed by atoms with E-state index in [1.54, 1.807) is 0 Å². The van der Waals surface area contributed by atoms with Gasteiger partial charge in [0.1, 0.15) is 26.4 Å². The van der Waals surface area contributed by atoms with Gasteiger partial charge in [0.05, 0.1) is 52.9 Å². The first-order valence-corrected chi connectivity index (χ1v) is 14.7. The van der Waals surface area contributed by atoms with Crippen molar-refractivity contribution >= 4 is 0 Å². The number of ether oxygens (including phenoxy) is 8. The van der Waals surface area contributed by atoms with Gasteiger partial charge in [0.25, 0.3) is 0 Å². The molecular weight excluding hydrogens is 530 g/mol. The van der Waals surface area contributed by atoms with Crippen LogP contribution >= 0.6 is 0 Å². The number of unbranched alkanes of at least 4 members (excludes halogenated alkanes) is 3. The number of hydrogen-bond acceptors (Lipinski definition) is 10. The summed E-state index contributed by atoms with van der Waals surface area (Å²) < 4.78 is 46.2. The molecule has 41 heavy (non-hydrogen) atoms. The molecule has 10 heteroatoms. The summed E-state index contributed by atoms with van der Waals surface area (Å²) in [5.41, 5.74) is 1.12. The van der Waals surface area contributed by atoms with Crippen LogP contribution in [0.4, 0.5) is 0 Å². The molecule has 1 aliphatic heterocycles. The highest BCUT2D eigenvalue weighted by molar-refractivity contribution is 5.43. The summed E-state index contributed by atoms with van der Waals surface area (Å²) in [5.74, 6) is 2.71. The van der Waals surface area contributed by atoms with Gasteiger partial charge in [-0.05, 0) is 49.2 Å². The summed E-state index contributed by atoms with van der Waals surface area (Å²) in [7, 11) is 0. The SMILES string of the molecule is OCCCCCCNCc1ccc2c(c1)OCCOCCOCCOc1ccccc1OCCOCCOCCO2. The summed E-state index contributed by atoms with van der Waals surface area (Å²) in [6, 6.07) is 13.6. The molecule has 2 aromatic rings. The quantitative estimate of drug-likeness (QED) is 0.452. The van der Waals surface area contributed by atoms with Crippen molar-refractivity contribution in [2.75, 3.05) is 92.4 Å². The van der Waals surface area contributed by atoms with Gasteiger partial charge in [-0.1, -0.05) is 31.0 Å². The molecule has 0 amide bonds. The second-order valence-corrected chi connectivity index (χ2v) is 9.39. The molecule has 10 nitrogen and oxygen atoms in total. The van der Waals surface area contributed by atoms with E-state index in [0.717, 1.165) is 44.3 Å². The molecule has 0 unspecified atom stereocenters. The van der Waals surface area contributed by atoms with Gasteiger partial charge in [-0.25, -0.2) is 0 Å². The number of fused-ring (bicyclic) bond motifs is 2. The smallest absolute Gasteiger partial charge is 0.161 e. The maximum absolute atomic E-state index is 8.89. The largest absolute Gasteiger partial charge is 0.487 e. The molecule has 0 aromatic heterocycles. The van der Waals surface area contributed by atoms with Crippen molar-refractivity contribution < 1.29 is 43.0 Å². The summed E-state index contributed by atoms with van der Waals surface area (Å²) in [6.07, 6.45) is 4.14. The molecule has 3 rings (SSSR count). The number of nitrogens with one attached hydrogen (secondary N) is 1. The van der Waals surface area contributed by atoms with Gasteiger partial charge in [0.15, 0.2) is 23.0 Å². The Labute approximate surface area is 244 Å². The van der Waals surface area contributed by atoms with Crippen molar-refractivity contribution in [2.24, 2.45) is 0 Å². The number of aliphatic hydroxyl groups is 1. The van der Waals surface area contributed by atoms with E-state index in [1.165, 1.54) is 0 Å². The lowest BCUT2D eigenvalue weighted by Gasteiger charge is -2.15. The predicted molar refractivity (Wildman–Crippen MR) is 155 cm³/mol. The molecule has 0 fully saturated rings. The van der Waals surface area contributed by atoms with Crippen LogP contribution in [0.15, 0.2) is 42.5 Å². The van der Waals surface area contributed by atoms with Crippen LogP contribution in [-0.4, -0.2) is 97.5 Å². The number of para-hydroxylation sites is 2. The lowest BCUT2D eigenvalue weighted by Crippen LogP contribution is -2.16. The molecule has 0 aliphatic carbocycles.